The summed E-state index contributed by atoms with van der Waals surface area (Å²) in [5, 5.41) is 12.5. The number of nitrogens with one attached hydrogen (secondary N) is 1. The van der Waals surface area contributed by atoms with Crippen molar-refractivity contribution in [1.82, 2.24) is 10.3 Å². The molecular weight excluding hydrogens is 360 g/mol. The third kappa shape index (κ3) is 3.78. The molecule has 0 spiro atoms. The normalized spacial score (nSPS) is 16.5. The fourth-order valence-corrected chi connectivity index (χ4v) is 3.31. The van der Waals surface area contributed by atoms with E-state index in [1.807, 2.05) is 37.3 Å². The number of methoxy groups -OCH3 is 1. The number of esters is 1. The minimum atomic E-state index is -0.895. The summed E-state index contributed by atoms with van der Waals surface area (Å²) in [6, 6.07) is 10.5. The summed E-state index contributed by atoms with van der Waals surface area (Å²) in [5.74, 6) is -1.47. The predicted octanol–water partition coefficient (Wildman–Crippen LogP) is 2.58. The van der Waals surface area contributed by atoms with Crippen molar-refractivity contribution in [2.24, 2.45) is 0 Å². The van der Waals surface area contributed by atoms with Crippen molar-refractivity contribution < 1.29 is 24.2 Å². The van der Waals surface area contributed by atoms with Crippen LogP contribution in [-0.2, 0) is 14.9 Å². The molecule has 0 saturated heterocycles. The second-order valence-electron chi connectivity index (χ2n) is 7.01. The van der Waals surface area contributed by atoms with Crippen LogP contribution >= 0.6 is 0 Å². The van der Waals surface area contributed by atoms with Crippen molar-refractivity contribution in [3.63, 3.8) is 0 Å². The molecule has 1 aromatic carbocycles. The number of aromatic nitrogens is 1. The van der Waals surface area contributed by atoms with E-state index in [9.17, 15) is 14.7 Å². The zero-order chi connectivity index (χ0) is 20.3. The van der Waals surface area contributed by atoms with Crippen LogP contribution in [0.2, 0.25) is 0 Å². The Morgan fingerprint density at radius 2 is 1.86 bits per heavy atom. The zero-order valence-electron chi connectivity index (χ0n) is 16.1. The highest BCUT2D eigenvalue weighted by Crippen LogP contribution is 2.51. The number of amides is 1. The molecule has 1 unspecified atom stereocenters. The number of benzene rings is 1. The van der Waals surface area contributed by atoms with Gasteiger partial charge in [-0.05, 0) is 32.3 Å². The molecule has 0 aliphatic heterocycles. The molecule has 1 heterocycles. The van der Waals surface area contributed by atoms with Crippen LogP contribution in [0.5, 0.6) is 11.5 Å². The highest BCUT2D eigenvalue weighted by Gasteiger charge is 2.51. The van der Waals surface area contributed by atoms with Gasteiger partial charge < -0.3 is 19.9 Å². The molecule has 1 aliphatic rings. The number of aromatic hydroxyl groups is 1. The molecule has 1 fully saturated rings. The molecule has 1 amide bonds. The summed E-state index contributed by atoms with van der Waals surface area (Å²) in [6.07, 6.45) is 2.93. The first-order valence-corrected chi connectivity index (χ1v) is 9.18. The van der Waals surface area contributed by atoms with E-state index in [0.29, 0.717) is 0 Å². The van der Waals surface area contributed by atoms with Crippen LogP contribution in [0.1, 0.15) is 42.7 Å². The average Bonchev–Trinajstić information content (AvgIpc) is 3.50. The number of hydrogen-bond donors (Lipinski definition) is 2. The van der Waals surface area contributed by atoms with Crippen LogP contribution in [0.3, 0.4) is 0 Å². The Morgan fingerprint density at radius 3 is 2.46 bits per heavy atom. The number of carbonyl (C=O) groups is 2. The van der Waals surface area contributed by atoms with E-state index in [-0.39, 0.29) is 28.7 Å². The number of ether oxygens (including phenoxy) is 2. The molecule has 7 heteroatoms. The lowest BCUT2D eigenvalue weighted by atomic mass is 9.91. The van der Waals surface area contributed by atoms with E-state index in [1.165, 1.54) is 26.3 Å². The molecule has 2 atom stereocenters. The van der Waals surface area contributed by atoms with Crippen molar-refractivity contribution in [1.29, 1.82) is 0 Å². The van der Waals surface area contributed by atoms with Crippen LogP contribution in [0.4, 0.5) is 0 Å². The Balaban J connectivity index is 1.63. The average molecular weight is 384 g/mol. The van der Waals surface area contributed by atoms with Gasteiger partial charge in [-0.2, -0.15) is 0 Å². The topological polar surface area (TPSA) is 97.8 Å². The lowest BCUT2D eigenvalue weighted by Gasteiger charge is -2.25. The van der Waals surface area contributed by atoms with E-state index < -0.39 is 17.9 Å². The maximum atomic E-state index is 12.5. The molecule has 1 aliphatic carbocycles. The molecule has 148 valence electrons. The first-order valence-electron chi connectivity index (χ1n) is 9.18. The van der Waals surface area contributed by atoms with Gasteiger partial charge in [0, 0.05) is 17.7 Å². The first-order chi connectivity index (χ1) is 13.4. The fourth-order valence-electron chi connectivity index (χ4n) is 3.31. The number of nitrogens with zero attached hydrogens (tertiary/aromatic N) is 1. The van der Waals surface area contributed by atoms with Gasteiger partial charge in [0.25, 0.3) is 5.91 Å². The SMILES string of the molecule is COc1ccnc(C(=O)N[C@@H](C)C(=O)OC(C)C2(c3ccccc3)CC2)c1O. The lowest BCUT2D eigenvalue weighted by molar-refractivity contribution is -0.151. The zero-order valence-corrected chi connectivity index (χ0v) is 16.1. The Kier molecular flexibility index (Phi) is 5.53. The van der Waals surface area contributed by atoms with Gasteiger partial charge in [-0.3, -0.25) is 4.79 Å². The largest absolute Gasteiger partial charge is 0.503 e. The Hall–Kier alpha value is -3.09. The van der Waals surface area contributed by atoms with Crippen LogP contribution in [0.25, 0.3) is 0 Å². The van der Waals surface area contributed by atoms with Gasteiger partial charge in [0.2, 0.25) is 0 Å². The molecule has 1 aromatic heterocycles. The Morgan fingerprint density at radius 1 is 1.18 bits per heavy atom. The lowest BCUT2D eigenvalue weighted by Crippen LogP contribution is -2.42. The van der Waals surface area contributed by atoms with Gasteiger partial charge in [-0.15, -0.1) is 0 Å². The summed E-state index contributed by atoms with van der Waals surface area (Å²) < 4.78 is 10.6. The van der Waals surface area contributed by atoms with Gasteiger partial charge in [0.15, 0.2) is 17.2 Å². The maximum Gasteiger partial charge on any atom is 0.328 e. The van der Waals surface area contributed by atoms with E-state index >= 15 is 0 Å². The Bertz CT molecular complexity index is 864. The standard InChI is InChI=1S/C21H24N2O5/c1-13(23-19(25)17-18(24)16(27-3)9-12-22-17)20(26)28-14(2)21(10-11-21)15-7-5-4-6-8-15/h4-9,12-14,24H,10-11H2,1-3H3,(H,23,25)/t13-,14?/m0/s1. The van der Waals surface area contributed by atoms with Crippen molar-refractivity contribution in [2.75, 3.05) is 7.11 Å². The number of rotatable bonds is 7. The van der Waals surface area contributed by atoms with E-state index in [1.54, 1.807) is 0 Å². The van der Waals surface area contributed by atoms with Crippen LogP contribution in [0, 0.1) is 0 Å². The van der Waals surface area contributed by atoms with Crippen LogP contribution in [-0.4, -0.2) is 41.2 Å². The fraction of sp³-hybridized carbons (Fsp3) is 0.381. The first kappa shape index (κ1) is 19.7. The molecule has 1 saturated carbocycles. The summed E-state index contributed by atoms with van der Waals surface area (Å²) in [4.78, 5) is 28.7. The quantitative estimate of drug-likeness (QED) is 0.712. The molecule has 0 bridgehead atoms. The molecule has 2 N–H and O–H groups in total. The molecular formula is C21H24N2O5. The molecule has 28 heavy (non-hydrogen) atoms. The molecule has 7 nitrogen and oxygen atoms in total. The summed E-state index contributed by atoms with van der Waals surface area (Å²) in [5.41, 5.74) is 0.778. The number of hydrogen-bond acceptors (Lipinski definition) is 6. The molecule has 2 aromatic rings. The monoisotopic (exact) mass is 384 g/mol. The third-order valence-corrected chi connectivity index (χ3v) is 5.23. The highest BCUT2D eigenvalue weighted by atomic mass is 16.5. The van der Waals surface area contributed by atoms with Crippen LogP contribution < -0.4 is 10.1 Å². The second kappa shape index (κ2) is 7.88. The predicted molar refractivity (Wildman–Crippen MR) is 102 cm³/mol. The minimum absolute atomic E-state index is 0.127. The van der Waals surface area contributed by atoms with E-state index in [2.05, 4.69) is 10.3 Å². The molecule has 3 rings (SSSR count). The number of carbonyl (C=O) groups excluding carboxylic acids is 2. The second-order valence-corrected chi connectivity index (χ2v) is 7.01. The van der Waals surface area contributed by atoms with Gasteiger partial charge in [-0.25, -0.2) is 9.78 Å². The van der Waals surface area contributed by atoms with Gasteiger partial charge in [0.1, 0.15) is 12.1 Å². The summed E-state index contributed by atoms with van der Waals surface area (Å²) >= 11 is 0. The summed E-state index contributed by atoms with van der Waals surface area (Å²) in [6.45, 7) is 3.41. The number of pyridine rings is 1. The van der Waals surface area contributed by atoms with E-state index in [4.69, 9.17) is 9.47 Å². The van der Waals surface area contributed by atoms with Crippen molar-refractivity contribution in [3.8, 4) is 11.5 Å². The third-order valence-electron chi connectivity index (χ3n) is 5.23. The van der Waals surface area contributed by atoms with E-state index in [0.717, 1.165) is 18.4 Å². The van der Waals surface area contributed by atoms with Crippen molar-refractivity contribution in [2.45, 2.75) is 44.2 Å². The van der Waals surface area contributed by atoms with Gasteiger partial charge in [-0.1, -0.05) is 30.3 Å². The summed E-state index contributed by atoms with van der Waals surface area (Å²) in [7, 11) is 1.37. The molecule has 0 radical (unpaired) electrons. The van der Waals surface area contributed by atoms with Crippen LogP contribution in [0.15, 0.2) is 42.6 Å². The highest BCUT2D eigenvalue weighted by molar-refractivity contribution is 5.97. The Labute approximate surface area is 163 Å². The van der Waals surface area contributed by atoms with Crippen molar-refractivity contribution >= 4 is 11.9 Å². The van der Waals surface area contributed by atoms with Gasteiger partial charge >= 0.3 is 5.97 Å². The smallest absolute Gasteiger partial charge is 0.328 e. The minimum Gasteiger partial charge on any atom is -0.503 e. The van der Waals surface area contributed by atoms with Crippen molar-refractivity contribution in [3.05, 3.63) is 53.9 Å². The van der Waals surface area contributed by atoms with Gasteiger partial charge in [0.05, 0.1) is 7.11 Å². The maximum absolute atomic E-state index is 12.5.